The number of halogens is 1. The van der Waals surface area contributed by atoms with Gasteiger partial charge in [0.05, 0.1) is 0 Å². The molecular weight excluding hydrogens is 220 g/mol. The molecule has 0 unspecified atom stereocenters. The van der Waals surface area contributed by atoms with E-state index >= 15 is 0 Å². The van der Waals surface area contributed by atoms with Gasteiger partial charge in [0.15, 0.2) is 0 Å². The smallest absolute Gasteiger partial charge is 0.148 e. The highest BCUT2D eigenvalue weighted by molar-refractivity contribution is 6.30. The standard InChI is InChI=1S/C14H17ClO/c1-3-4-5-6-11-14(2,16)12-7-9-13(15)10-8-12/h7-10,16H,3-5H2,1-2H3/t14-/m1/s1. The predicted octanol–water partition coefficient (Wildman–Crippen LogP) is 3.74. The van der Waals surface area contributed by atoms with Gasteiger partial charge in [-0.3, -0.25) is 0 Å². The van der Waals surface area contributed by atoms with Crippen molar-refractivity contribution in [1.82, 2.24) is 0 Å². The first-order valence-electron chi connectivity index (χ1n) is 5.54. The van der Waals surface area contributed by atoms with Crippen molar-refractivity contribution in [3.8, 4) is 11.8 Å². The molecule has 0 aromatic heterocycles. The highest BCUT2D eigenvalue weighted by Crippen LogP contribution is 2.21. The number of hydrogen-bond donors (Lipinski definition) is 1. The monoisotopic (exact) mass is 236 g/mol. The third kappa shape index (κ3) is 3.89. The minimum absolute atomic E-state index is 0.665. The van der Waals surface area contributed by atoms with Gasteiger partial charge in [-0.05, 0) is 31.0 Å². The van der Waals surface area contributed by atoms with Crippen molar-refractivity contribution in [2.24, 2.45) is 0 Å². The van der Waals surface area contributed by atoms with Crippen molar-refractivity contribution >= 4 is 11.6 Å². The van der Waals surface area contributed by atoms with Crippen LogP contribution >= 0.6 is 11.6 Å². The molecule has 1 aromatic rings. The van der Waals surface area contributed by atoms with E-state index in [1.807, 2.05) is 0 Å². The molecule has 0 spiro atoms. The summed E-state index contributed by atoms with van der Waals surface area (Å²) >= 11 is 5.79. The highest BCUT2D eigenvalue weighted by Gasteiger charge is 2.19. The summed E-state index contributed by atoms with van der Waals surface area (Å²) in [4.78, 5) is 0. The van der Waals surface area contributed by atoms with Gasteiger partial charge in [0.25, 0.3) is 0 Å². The zero-order valence-corrected chi connectivity index (χ0v) is 10.5. The lowest BCUT2D eigenvalue weighted by molar-refractivity contribution is 0.122. The quantitative estimate of drug-likeness (QED) is 0.626. The van der Waals surface area contributed by atoms with Gasteiger partial charge in [0.1, 0.15) is 5.60 Å². The molecule has 2 heteroatoms. The van der Waals surface area contributed by atoms with Gasteiger partial charge in [-0.25, -0.2) is 0 Å². The van der Waals surface area contributed by atoms with Gasteiger partial charge in [-0.1, -0.05) is 48.9 Å². The molecule has 1 atom stereocenters. The van der Waals surface area contributed by atoms with Crippen LogP contribution in [0.25, 0.3) is 0 Å². The van der Waals surface area contributed by atoms with E-state index in [0.29, 0.717) is 5.02 Å². The van der Waals surface area contributed by atoms with Gasteiger partial charge in [0.2, 0.25) is 0 Å². The maximum atomic E-state index is 10.2. The van der Waals surface area contributed by atoms with Gasteiger partial charge < -0.3 is 5.11 Å². The molecule has 16 heavy (non-hydrogen) atoms. The summed E-state index contributed by atoms with van der Waals surface area (Å²) in [5.41, 5.74) is -0.306. The second-order valence-corrected chi connectivity index (χ2v) is 4.42. The molecule has 0 bridgehead atoms. The van der Waals surface area contributed by atoms with Crippen LogP contribution in [0.4, 0.5) is 0 Å². The summed E-state index contributed by atoms with van der Waals surface area (Å²) in [5, 5.41) is 10.8. The molecule has 0 aliphatic heterocycles. The summed E-state index contributed by atoms with van der Waals surface area (Å²) in [6, 6.07) is 7.13. The molecule has 0 aliphatic carbocycles. The number of benzene rings is 1. The van der Waals surface area contributed by atoms with E-state index in [1.165, 1.54) is 0 Å². The molecular formula is C14H17ClO. The lowest BCUT2D eigenvalue weighted by atomic mass is 9.96. The largest absolute Gasteiger partial charge is 0.374 e. The van der Waals surface area contributed by atoms with Crippen LogP contribution in [0, 0.1) is 11.8 Å². The Kier molecular flexibility index (Phi) is 4.86. The first-order chi connectivity index (χ1) is 7.56. The van der Waals surface area contributed by atoms with E-state index in [-0.39, 0.29) is 0 Å². The number of unbranched alkanes of at least 4 members (excludes halogenated alkanes) is 2. The summed E-state index contributed by atoms with van der Waals surface area (Å²) in [5.74, 6) is 5.90. The second kappa shape index (κ2) is 5.94. The minimum atomic E-state index is -1.08. The molecule has 0 fully saturated rings. The van der Waals surface area contributed by atoms with Crippen LogP contribution in [-0.2, 0) is 5.60 Å². The molecule has 0 heterocycles. The fraction of sp³-hybridized carbons (Fsp3) is 0.429. The van der Waals surface area contributed by atoms with Gasteiger partial charge in [0, 0.05) is 11.4 Å². The molecule has 0 saturated carbocycles. The number of rotatable bonds is 3. The maximum absolute atomic E-state index is 10.2. The average Bonchev–Trinajstić information content (AvgIpc) is 2.25. The number of hydrogen-bond acceptors (Lipinski definition) is 1. The molecule has 0 aliphatic rings. The Morgan fingerprint density at radius 1 is 1.31 bits per heavy atom. The SMILES string of the molecule is CCCCC#C[C@@](C)(O)c1ccc(Cl)cc1. The zero-order chi connectivity index (χ0) is 12.0. The van der Waals surface area contributed by atoms with E-state index in [4.69, 9.17) is 11.6 Å². The van der Waals surface area contributed by atoms with Crippen molar-refractivity contribution in [2.45, 2.75) is 38.7 Å². The molecule has 1 rings (SSSR count). The lowest BCUT2D eigenvalue weighted by Crippen LogP contribution is -2.18. The predicted molar refractivity (Wildman–Crippen MR) is 68.3 cm³/mol. The summed E-state index contributed by atoms with van der Waals surface area (Å²) in [6.45, 7) is 3.83. The number of aliphatic hydroxyl groups is 1. The first kappa shape index (κ1) is 13.1. The Labute approximate surface area is 102 Å². The average molecular weight is 237 g/mol. The Morgan fingerprint density at radius 2 is 1.94 bits per heavy atom. The van der Waals surface area contributed by atoms with Crippen LogP contribution in [0.5, 0.6) is 0 Å². The van der Waals surface area contributed by atoms with Crippen LogP contribution in [0.15, 0.2) is 24.3 Å². The highest BCUT2D eigenvalue weighted by atomic mass is 35.5. The Bertz CT molecular complexity index is 381. The van der Waals surface area contributed by atoms with Crippen molar-refractivity contribution in [1.29, 1.82) is 0 Å². The third-order valence-electron chi connectivity index (χ3n) is 2.39. The van der Waals surface area contributed by atoms with E-state index < -0.39 is 5.60 Å². The molecule has 1 aromatic carbocycles. The summed E-state index contributed by atoms with van der Waals surface area (Å²) in [6.07, 6.45) is 3.03. The summed E-state index contributed by atoms with van der Waals surface area (Å²) in [7, 11) is 0. The summed E-state index contributed by atoms with van der Waals surface area (Å²) < 4.78 is 0. The Balaban J connectivity index is 2.75. The molecule has 1 N–H and O–H groups in total. The molecule has 1 nitrogen and oxygen atoms in total. The molecule has 86 valence electrons. The van der Waals surface area contributed by atoms with Gasteiger partial charge in [-0.2, -0.15) is 0 Å². The van der Waals surface area contributed by atoms with Gasteiger partial charge in [-0.15, -0.1) is 0 Å². The fourth-order valence-electron chi connectivity index (χ4n) is 1.35. The van der Waals surface area contributed by atoms with Crippen LogP contribution < -0.4 is 0 Å². The Morgan fingerprint density at radius 3 is 2.50 bits per heavy atom. The van der Waals surface area contributed by atoms with Gasteiger partial charge >= 0.3 is 0 Å². The van der Waals surface area contributed by atoms with Crippen LogP contribution in [0.2, 0.25) is 5.02 Å². The Hall–Kier alpha value is -0.970. The first-order valence-corrected chi connectivity index (χ1v) is 5.92. The van der Waals surface area contributed by atoms with Crippen molar-refractivity contribution in [2.75, 3.05) is 0 Å². The normalized spacial score (nSPS) is 13.8. The van der Waals surface area contributed by atoms with Crippen LogP contribution in [-0.4, -0.2) is 5.11 Å². The minimum Gasteiger partial charge on any atom is -0.374 e. The third-order valence-corrected chi connectivity index (χ3v) is 2.65. The van der Waals surface area contributed by atoms with Crippen molar-refractivity contribution < 1.29 is 5.11 Å². The topological polar surface area (TPSA) is 20.2 Å². The van der Waals surface area contributed by atoms with E-state index in [9.17, 15) is 5.11 Å². The fourth-order valence-corrected chi connectivity index (χ4v) is 1.47. The zero-order valence-electron chi connectivity index (χ0n) is 9.76. The molecule has 0 amide bonds. The maximum Gasteiger partial charge on any atom is 0.148 e. The van der Waals surface area contributed by atoms with Crippen molar-refractivity contribution in [3.63, 3.8) is 0 Å². The van der Waals surface area contributed by atoms with Crippen molar-refractivity contribution in [3.05, 3.63) is 34.9 Å². The van der Waals surface area contributed by atoms with E-state index in [1.54, 1.807) is 31.2 Å². The molecule has 0 saturated heterocycles. The van der Waals surface area contributed by atoms with E-state index in [0.717, 1.165) is 24.8 Å². The second-order valence-electron chi connectivity index (χ2n) is 3.98. The van der Waals surface area contributed by atoms with Crippen LogP contribution in [0.3, 0.4) is 0 Å². The molecule has 0 radical (unpaired) electrons. The van der Waals surface area contributed by atoms with Crippen LogP contribution in [0.1, 0.15) is 38.7 Å². The van der Waals surface area contributed by atoms with E-state index in [2.05, 4.69) is 18.8 Å². The lowest BCUT2D eigenvalue weighted by Gasteiger charge is -2.16.